The van der Waals surface area contributed by atoms with E-state index >= 15 is 0 Å². The fourth-order valence-electron chi connectivity index (χ4n) is 2.64. The molecule has 0 saturated carbocycles. The number of thioether (sulfide) groups is 1. The number of nitrogens with zero attached hydrogens (tertiary/aromatic N) is 2. The summed E-state index contributed by atoms with van der Waals surface area (Å²) in [4.78, 5) is 13.6. The number of carbonyl (C=O) groups excluding carboxylic acids is 1. The molecule has 28 heavy (non-hydrogen) atoms. The summed E-state index contributed by atoms with van der Waals surface area (Å²) in [5.41, 5.74) is 1.67. The van der Waals surface area contributed by atoms with Crippen molar-refractivity contribution in [1.82, 2.24) is 10.2 Å². The van der Waals surface area contributed by atoms with Crippen molar-refractivity contribution in [3.05, 3.63) is 58.6 Å². The van der Waals surface area contributed by atoms with E-state index < -0.39 is 0 Å². The standard InChI is InChI=1S/C20H21N3O3S2/c1-4-27-17-8-6-5-7-14(17)19(24)21-20-23-22-18(28-20)12-13-9-10-15(25-2)16(11-13)26-3/h5-11H,4,12H2,1-3H3,(H,21,23,24). The molecule has 0 aliphatic rings. The highest BCUT2D eigenvalue weighted by Crippen LogP contribution is 2.29. The lowest BCUT2D eigenvalue weighted by Crippen LogP contribution is -2.12. The molecule has 0 saturated heterocycles. The number of hydrogen-bond acceptors (Lipinski definition) is 7. The molecule has 2 aromatic carbocycles. The Kier molecular flexibility index (Phi) is 6.89. The minimum absolute atomic E-state index is 0.176. The van der Waals surface area contributed by atoms with Gasteiger partial charge in [0, 0.05) is 11.3 Å². The number of nitrogens with one attached hydrogen (secondary N) is 1. The number of rotatable bonds is 8. The Hall–Kier alpha value is -2.58. The number of benzene rings is 2. The van der Waals surface area contributed by atoms with Gasteiger partial charge in [-0.1, -0.05) is 36.5 Å². The number of methoxy groups -OCH3 is 2. The zero-order valence-corrected chi connectivity index (χ0v) is 17.5. The van der Waals surface area contributed by atoms with E-state index in [1.807, 2.05) is 42.5 Å². The minimum Gasteiger partial charge on any atom is -0.493 e. The zero-order valence-electron chi connectivity index (χ0n) is 15.9. The van der Waals surface area contributed by atoms with Gasteiger partial charge < -0.3 is 9.47 Å². The van der Waals surface area contributed by atoms with Gasteiger partial charge in [-0.05, 0) is 35.6 Å². The first-order valence-corrected chi connectivity index (χ1v) is 10.5. The van der Waals surface area contributed by atoms with E-state index in [0.717, 1.165) is 21.2 Å². The molecular formula is C20H21N3O3S2. The van der Waals surface area contributed by atoms with Crippen LogP contribution in [0.5, 0.6) is 11.5 Å². The monoisotopic (exact) mass is 415 g/mol. The molecule has 3 rings (SSSR count). The van der Waals surface area contributed by atoms with Gasteiger partial charge in [-0.15, -0.1) is 22.0 Å². The first-order valence-electron chi connectivity index (χ1n) is 8.71. The molecule has 0 fully saturated rings. The summed E-state index contributed by atoms with van der Waals surface area (Å²) in [5.74, 6) is 2.08. The molecule has 3 aromatic rings. The van der Waals surface area contributed by atoms with E-state index in [2.05, 4.69) is 22.4 Å². The average molecular weight is 416 g/mol. The Labute approximate surface area is 172 Å². The van der Waals surface area contributed by atoms with Crippen LogP contribution in [0, 0.1) is 0 Å². The molecule has 1 amide bonds. The van der Waals surface area contributed by atoms with Crippen molar-refractivity contribution in [2.24, 2.45) is 0 Å². The fraction of sp³-hybridized carbons (Fsp3) is 0.250. The minimum atomic E-state index is -0.176. The summed E-state index contributed by atoms with van der Waals surface area (Å²) in [5, 5.41) is 12.4. The van der Waals surface area contributed by atoms with Crippen molar-refractivity contribution in [2.45, 2.75) is 18.2 Å². The van der Waals surface area contributed by atoms with Crippen LogP contribution in [0.2, 0.25) is 0 Å². The SMILES string of the molecule is CCSc1ccccc1C(=O)Nc1nnc(Cc2ccc(OC)c(OC)c2)s1. The van der Waals surface area contributed by atoms with Crippen LogP contribution in [-0.2, 0) is 6.42 Å². The van der Waals surface area contributed by atoms with Gasteiger partial charge in [-0.3, -0.25) is 10.1 Å². The molecule has 0 radical (unpaired) electrons. The van der Waals surface area contributed by atoms with Crippen LogP contribution in [-0.4, -0.2) is 36.1 Å². The predicted molar refractivity (Wildman–Crippen MR) is 113 cm³/mol. The highest BCUT2D eigenvalue weighted by atomic mass is 32.2. The number of hydrogen-bond donors (Lipinski definition) is 1. The van der Waals surface area contributed by atoms with Gasteiger partial charge in [0.2, 0.25) is 5.13 Å². The van der Waals surface area contributed by atoms with Crippen LogP contribution in [0.3, 0.4) is 0 Å². The third-order valence-electron chi connectivity index (χ3n) is 3.92. The van der Waals surface area contributed by atoms with Gasteiger partial charge in [0.1, 0.15) is 5.01 Å². The second kappa shape index (κ2) is 9.57. The van der Waals surface area contributed by atoms with Crippen molar-refractivity contribution in [3.63, 3.8) is 0 Å². The van der Waals surface area contributed by atoms with Gasteiger partial charge in [0.25, 0.3) is 5.91 Å². The van der Waals surface area contributed by atoms with Crippen molar-refractivity contribution in [1.29, 1.82) is 0 Å². The van der Waals surface area contributed by atoms with E-state index in [0.29, 0.717) is 28.6 Å². The maximum atomic E-state index is 12.6. The summed E-state index contributed by atoms with van der Waals surface area (Å²) in [7, 11) is 3.21. The third-order valence-corrected chi connectivity index (χ3v) is 5.72. The van der Waals surface area contributed by atoms with Gasteiger partial charge in [-0.2, -0.15) is 0 Å². The number of amides is 1. The Morgan fingerprint density at radius 1 is 1.11 bits per heavy atom. The highest BCUT2D eigenvalue weighted by molar-refractivity contribution is 7.99. The Balaban J connectivity index is 1.70. The van der Waals surface area contributed by atoms with E-state index in [4.69, 9.17) is 9.47 Å². The van der Waals surface area contributed by atoms with E-state index in [-0.39, 0.29) is 5.91 Å². The molecule has 0 spiro atoms. The van der Waals surface area contributed by atoms with Crippen molar-refractivity contribution >= 4 is 34.1 Å². The van der Waals surface area contributed by atoms with E-state index in [9.17, 15) is 4.79 Å². The van der Waals surface area contributed by atoms with Gasteiger partial charge in [-0.25, -0.2) is 0 Å². The van der Waals surface area contributed by atoms with Crippen LogP contribution in [0.4, 0.5) is 5.13 Å². The summed E-state index contributed by atoms with van der Waals surface area (Å²) in [6.45, 7) is 2.06. The molecule has 146 valence electrons. The highest BCUT2D eigenvalue weighted by Gasteiger charge is 2.14. The normalized spacial score (nSPS) is 10.5. The molecule has 8 heteroatoms. The van der Waals surface area contributed by atoms with E-state index in [1.165, 1.54) is 11.3 Å². The molecule has 1 heterocycles. The van der Waals surface area contributed by atoms with Gasteiger partial charge in [0.15, 0.2) is 11.5 Å². The van der Waals surface area contributed by atoms with Crippen molar-refractivity contribution in [2.75, 3.05) is 25.3 Å². The van der Waals surface area contributed by atoms with Crippen LogP contribution >= 0.6 is 23.1 Å². The lowest BCUT2D eigenvalue weighted by atomic mass is 10.1. The first-order chi connectivity index (χ1) is 13.6. The molecule has 0 aliphatic heterocycles. The molecular weight excluding hydrogens is 394 g/mol. The lowest BCUT2D eigenvalue weighted by Gasteiger charge is -2.08. The molecule has 1 N–H and O–H groups in total. The van der Waals surface area contributed by atoms with Crippen molar-refractivity contribution < 1.29 is 14.3 Å². The number of anilines is 1. The van der Waals surface area contributed by atoms with E-state index in [1.54, 1.807) is 26.0 Å². The van der Waals surface area contributed by atoms with Gasteiger partial charge >= 0.3 is 0 Å². The molecule has 0 bridgehead atoms. The van der Waals surface area contributed by atoms with Gasteiger partial charge in [0.05, 0.1) is 19.8 Å². The first kappa shape index (κ1) is 20.2. The van der Waals surface area contributed by atoms with Crippen LogP contribution in [0.15, 0.2) is 47.4 Å². The quantitative estimate of drug-likeness (QED) is 0.546. The maximum absolute atomic E-state index is 12.6. The Morgan fingerprint density at radius 2 is 1.89 bits per heavy atom. The fourth-order valence-corrected chi connectivity index (χ4v) is 4.21. The second-order valence-corrected chi connectivity index (χ2v) is 8.12. The van der Waals surface area contributed by atoms with Crippen LogP contribution in [0.25, 0.3) is 0 Å². The topological polar surface area (TPSA) is 73.3 Å². The number of ether oxygens (including phenoxy) is 2. The molecule has 6 nitrogen and oxygen atoms in total. The third kappa shape index (κ3) is 4.82. The van der Waals surface area contributed by atoms with Crippen LogP contribution in [0.1, 0.15) is 27.9 Å². The number of aromatic nitrogens is 2. The summed E-state index contributed by atoms with van der Waals surface area (Å²) in [6.07, 6.45) is 0.593. The number of carbonyl (C=O) groups is 1. The average Bonchev–Trinajstić information content (AvgIpc) is 3.15. The largest absolute Gasteiger partial charge is 0.493 e. The summed E-state index contributed by atoms with van der Waals surface area (Å²) in [6, 6.07) is 13.3. The molecule has 0 unspecified atom stereocenters. The summed E-state index contributed by atoms with van der Waals surface area (Å²) < 4.78 is 10.6. The Bertz CT molecular complexity index is 959. The van der Waals surface area contributed by atoms with Crippen LogP contribution < -0.4 is 14.8 Å². The zero-order chi connectivity index (χ0) is 19.9. The smallest absolute Gasteiger partial charge is 0.258 e. The second-order valence-electron chi connectivity index (χ2n) is 5.75. The van der Waals surface area contributed by atoms with Crippen molar-refractivity contribution in [3.8, 4) is 11.5 Å². The Morgan fingerprint density at radius 3 is 2.64 bits per heavy atom. The predicted octanol–water partition coefficient (Wildman–Crippen LogP) is 4.51. The maximum Gasteiger partial charge on any atom is 0.258 e. The summed E-state index contributed by atoms with van der Waals surface area (Å²) >= 11 is 3.00. The molecule has 0 atom stereocenters. The lowest BCUT2D eigenvalue weighted by molar-refractivity contribution is 0.102. The molecule has 0 aliphatic carbocycles. The molecule has 1 aromatic heterocycles.